The summed E-state index contributed by atoms with van der Waals surface area (Å²) in [6.45, 7) is 0. The van der Waals surface area contributed by atoms with E-state index < -0.39 is 23.8 Å². The van der Waals surface area contributed by atoms with E-state index in [9.17, 15) is 19.5 Å². The molecule has 0 fully saturated rings. The molecule has 3 rings (SSSR count). The molecular formula is C25H21BrN2O4. The van der Waals surface area contributed by atoms with Crippen LogP contribution in [0.15, 0.2) is 95.1 Å². The molecule has 0 radical (unpaired) electrons. The number of halogens is 1. The number of benzene rings is 3. The Morgan fingerprint density at radius 1 is 0.875 bits per heavy atom. The maximum atomic E-state index is 13.0. The molecule has 3 aromatic rings. The summed E-state index contributed by atoms with van der Waals surface area (Å²) in [5.74, 6) is -2.33. The van der Waals surface area contributed by atoms with Crippen molar-refractivity contribution in [2.24, 2.45) is 0 Å². The quantitative estimate of drug-likeness (QED) is 0.413. The van der Waals surface area contributed by atoms with E-state index in [4.69, 9.17) is 0 Å². The molecule has 0 aromatic heterocycles. The van der Waals surface area contributed by atoms with Gasteiger partial charge < -0.3 is 15.7 Å². The van der Waals surface area contributed by atoms with Crippen molar-refractivity contribution in [2.45, 2.75) is 12.5 Å². The first-order valence-electron chi connectivity index (χ1n) is 9.83. The Morgan fingerprint density at radius 3 is 2.06 bits per heavy atom. The second-order valence-corrected chi connectivity index (χ2v) is 7.90. The molecule has 0 heterocycles. The molecule has 1 unspecified atom stereocenters. The number of amides is 2. The number of carboxylic acid groups (broad SMARTS) is 1. The van der Waals surface area contributed by atoms with Crippen molar-refractivity contribution >= 4 is 39.8 Å². The number of nitrogens with one attached hydrogen (secondary N) is 2. The summed E-state index contributed by atoms with van der Waals surface area (Å²) in [5.41, 5.74) is 1.76. The maximum absolute atomic E-state index is 13.0. The molecule has 7 heteroatoms. The largest absolute Gasteiger partial charge is 0.480 e. The second kappa shape index (κ2) is 11.1. The Labute approximate surface area is 194 Å². The summed E-state index contributed by atoms with van der Waals surface area (Å²) in [7, 11) is 0. The van der Waals surface area contributed by atoms with E-state index in [1.165, 1.54) is 6.08 Å². The van der Waals surface area contributed by atoms with Gasteiger partial charge in [-0.25, -0.2) is 4.79 Å². The zero-order chi connectivity index (χ0) is 22.9. The highest BCUT2D eigenvalue weighted by Crippen LogP contribution is 2.14. The van der Waals surface area contributed by atoms with Crippen molar-refractivity contribution in [3.05, 3.63) is 112 Å². The van der Waals surface area contributed by atoms with Crippen LogP contribution in [0.1, 0.15) is 21.5 Å². The SMILES string of the molecule is O=C(NC(Cc1ccccc1)C(=O)O)/C(=C\c1ccc(Br)cc1)NC(=O)c1ccccc1. The van der Waals surface area contributed by atoms with Gasteiger partial charge in [0, 0.05) is 16.5 Å². The maximum Gasteiger partial charge on any atom is 0.326 e. The van der Waals surface area contributed by atoms with Gasteiger partial charge in [-0.2, -0.15) is 0 Å². The fourth-order valence-corrected chi connectivity index (χ4v) is 3.22. The summed E-state index contributed by atoms with van der Waals surface area (Å²) < 4.78 is 0.864. The van der Waals surface area contributed by atoms with Crippen LogP contribution in [-0.2, 0) is 16.0 Å². The molecule has 162 valence electrons. The van der Waals surface area contributed by atoms with E-state index in [0.717, 1.165) is 10.0 Å². The van der Waals surface area contributed by atoms with Crippen LogP contribution in [0.5, 0.6) is 0 Å². The average Bonchev–Trinajstić information content (AvgIpc) is 2.80. The van der Waals surface area contributed by atoms with Gasteiger partial charge in [-0.1, -0.05) is 76.6 Å². The number of carboxylic acids is 1. The normalized spacial score (nSPS) is 12.0. The number of hydrogen-bond donors (Lipinski definition) is 3. The van der Waals surface area contributed by atoms with E-state index in [-0.39, 0.29) is 12.1 Å². The smallest absolute Gasteiger partial charge is 0.326 e. The minimum absolute atomic E-state index is 0.0551. The molecule has 2 amide bonds. The molecule has 0 aliphatic carbocycles. The van der Waals surface area contributed by atoms with Crippen molar-refractivity contribution in [1.82, 2.24) is 10.6 Å². The third-order valence-corrected chi connectivity index (χ3v) is 5.12. The molecule has 0 saturated heterocycles. The summed E-state index contributed by atoms with van der Waals surface area (Å²) in [5, 5.41) is 14.8. The first kappa shape index (κ1) is 23.0. The van der Waals surface area contributed by atoms with Gasteiger partial charge in [-0.15, -0.1) is 0 Å². The van der Waals surface area contributed by atoms with Crippen molar-refractivity contribution in [2.75, 3.05) is 0 Å². The molecule has 0 aliphatic rings. The molecule has 32 heavy (non-hydrogen) atoms. The van der Waals surface area contributed by atoms with Crippen LogP contribution in [0.25, 0.3) is 6.08 Å². The Bertz CT molecular complexity index is 1110. The van der Waals surface area contributed by atoms with E-state index in [1.54, 1.807) is 78.9 Å². The predicted octanol–water partition coefficient (Wildman–Crippen LogP) is 4.03. The minimum atomic E-state index is -1.17. The van der Waals surface area contributed by atoms with E-state index in [0.29, 0.717) is 11.1 Å². The van der Waals surface area contributed by atoms with Gasteiger partial charge in [0.05, 0.1) is 0 Å². The van der Waals surface area contributed by atoms with Crippen molar-refractivity contribution < 1.29 is 19.5 Å². The number of carbonyl (C=O) groups excluding carboxylic acids is 2. The number of carbonyl (C=O) groups is 3. The average molecular weight is 493 g/mol. The molecule has 0 aliphatic heterocycles. The zero-order valence-corrected chi connectivity index (χ0v) is 18.6. The van der Waals surface area contributed by atoms with Gasteiger partial charge in [0.25, 0.3) is 11.8 Å². The van der Waals surface area contributed by atoms with Gasteiger partial charge in [0.15, 0.2) is 0 Å². The number of aliphatic carboxylic acids is 1. The van der Waals surface area contributed by atoms with Crippen LogP contribution in [-0.4, -0.2) is 28.9 Å². The Balaban J connectivity index is 1.85. The lowest BCUT2D eigenvalue weighted by Crippen LogP contribution is -2.45. The van der Waals surface area contributed by atoms with Crippen molar-refractivity contribution in [1.29, 1.82) is 0 Å². The van der Waals surface area contributed by atoms with Gasteiger partial charge in [-0.05, 0) is 41.5 Å². The first-order valence-corrected chi connectivity index (χ1v) is 10.6. The second-order valence-electron chi connectivity index (χ2n) is 6.98. The monoisotopic (exact) mass is 492 g/mol. The lowest BCUT2D eigenvalue weighted by atomic mass is 10.1. The fourth-order valence-electron chi connectivity index (χ4n) is 2.95. The molecule has 3 aromatic carbocycles. The highest BCUT2D eigenvalue weighted by atomic mass is 79.9. The summed E-state index contributed by atoms with van der Waals surface area (Å²) in [4.78, 5) is 37.5. The highest BCUT2D eigenvalue weighted by molar-refractivity contribution is 9.10. The van der Waals surface area contributed by atoms with Gasteiger partial charge in [-0.3, -0.25) is 9.59 Å². The Morgan fingerprint density at radius 2 is 1.47 bits per heavy atom. The van der Waals surface area contributed by atoms with Gasteiger partial charge in [0.1, 0.15) is 11.7 Å². The van der Waals surface area contributed by atoms with Gasteiger partial charge >= 0.3 is 5.97 Å². The number of rotatable bonds is 8. The highest BCUT2D eigenvalue weighted by Gasteiger charge is 2.23. The van der Waals surface area contributed by atoms with E-state index in [2.05, 4.69) is 26.6 Å². The lowest BCUT2D eigenvalue weighted by Gasteiger charge is -2.17. The molecule has 0 spiro atoms. The van der Waals surface area contributed by atoms with E-state index in [1.807, 2.05) is 6.07 Å². The van der Waals surface area contributed by atoms with Gasteiger partial charge in [0.2, 0.25) is 0 Å². The Kier molecular flexibility index (Phi) is 7.94. The Hall–Kier alpha value is -3.71. The van der Waals surface area contributed by atoms with Crippen molar-refractivity contribution in [3.63, 3.8) is 0 Å². The van der Waals surface area contributed by atoms with Crippen LogP contribution >= 0.6 is 15.9 Å². The topological polar surface area (TPSA) is 95.5 Å². The third kappa shape index (κ3) is 6.65. The van der Waals surface area contributed by atoms with Crippen LogP contribution in [0.2, 0.25) is 0 Å². The van der Waals surface area contributed by atoms with Crippen LogP contribution in [0.4, 0.5) is 0 Å². The number of hydrogen-bond acceptors (Lipinski definition) is 3. The van der Waals surface area contributed by atoms with Crippen LogP contribution in [0.3, 0.4) is 0 Å². The summed E-state index contributed by atoms with van der Waals surface area (Å²) in [6, 6.07) is 23.5. The molecule has 0 bridgehead atoms. The molecule has 1 atom stereocenters. The molecule has 6 nitrogen and oxygen atoms in total. The predicted molar refractivity (Wildman–Crippen MR) is 126 cm³/mol. The van der Waals surface area contributed by atoms with Crippen molar-refractivity contribution in [3.8, 4) is 0 Å². The van der Waals surface area contributed by atoms with E-state index >= 15 is 0 Å². The zero-order valence-electron chi connectivity index (χ0n) is 17.0. The first-order chi connectivity index (χ1) is 15.4. The minimum Gasteiger partial charge on any atom is -0.480 e. The fraction of sp³-hybridized carbons (Fsp3) is 0.0800. The standard InChI is InChI=1S/C25H21BrN2O4/c26-20-13-11-18(12-14-20)15-21(27-23(29)19-9-5-2-6-10-19)24(30)28-22(25(31)32)16-17-7-3-1-4-8-17/h1-15,22H,16H2,(H,27,29)(H,28,30)(H,31,32)/b21-15+. The molecule has 3 N–H and O–H groups in total. The van der Waals surface area contributed by atoms with Crippen LogP contribution in [0, 0.1) is 0 Å². The van der Waals surface area contributed by atoms with Crippen LogP contribution < -0.4 is 10.6 Å². The lowest BCUT2D eigenvalue weighted by molar-refractivity contribution is -0.141. The summed E-state index contributed by atoms with van der Waals surface area (Å²) in [6.07, 6.45) is 1.62. The summed E-state index contributed by atoms with van der Waals surface area (Å²) >= 11 is 3.36. The third-order valence-electron chi connectivity index (χ3n) is 4.60. The molecular weight excluding hydrogens is 472 g/mol. The molecule has 0 saturated carbocycles.